The normalized spacial score (nSPS) is 18.3. The lowest BCUT2D eigenvalue weighted by molar-refractivity contribution is 0.0197. The Labute approximate surface area is 111 Å². The van der Waals surface area contributed by atoms with Crippen LogP contribution in [0.1, 0.15) is 53.4 Å². The van der Waals surface area contributed by atoms with E-state index in [1.165, 1.54) is 6.42 Å². The molecule has 0 bridgehead atoms. The van der Waals surface area contributed by atoms with Gasteiger partial charge in [-0.15, -0.1) is 0 Å². The third kappa shape index (κ3) is 5.56. The number of ether oxygens (including phenoxy) is 1. The van der Waals surface area contributed by atoms with Crippen LogP contribution in [0.4, 0.5) is 4.79 Å². The molecule has 3 heteroatoms. The monoisotopic (exact) mass is 253 g/mol. The Morgan fingerprint density at radius 1 is 1.33 bits per heavy atom. The lowest BCUT2D eigenvalue weighted by Gasteiger charge is -2.32. The Bertz CT molecular complexity index is 283. The predicted molar refractivity (Wildman–Crippen MR) is 74.6 cm³/mol. The van der Waals surface area contributed by atoms with E-state index < -0.39 is 5.60 Å². The van der Waals surface area contributed by atoms with Gasteiger partial charge in [-0.05, 0) is 46.0 Å². The zero-order valence-corrected chi connectivity index (χ0v) is 12.2. The molecule has 0 saturated carbocycles. The summed E-state index contributed by atoms with van der Waals surface area (Å²) >= 11 is 0. The van der Waals surface area contributed by atoms with Gasteiger partial charge in [-0.3, -0.25) is 0 Å². The van der Waals surface area contributed by atoms with E-state index in [4.69, 9.17) is 4.74 Å². The van der Waals surface area contributed by atoms with E-state index in [-0.39, 0.29) is 6.09 Å². The van der Waals surface area contributed by atoms with Crippen molar-refractivity contribution in [2.24, 2.45) is 5.92 Å². The molecule has 1 rings (SSSR count). The topological polar surface area (TPSA) is 29.5 Å². The number of likely N-dealkylation sites (tertiary alicyclic amines) is 1. The van der Waals surface area contributed by atoms with Crippen molar-refractivity contribution >= 4 is 6.09 Å². The number of hydrogen-bond donors (Lipinski definition) is 0. The third-order valence-electron chi connectivity index (χ3n) is 3.05. The fourth-order valence-electron chi connectivity index (χ4n) is 2.06. The molecular weight excluding hydrogens is 226 g/mol. The lowest BCUT2D eigenvalue weighted by atomic mass is 9.96. The van der Waals surface area contributed by atoms with Crippen molar-refractivity contribution in [1.82, 2.24) is 4.90 Å². The van der Waals surface area contributed by atoms with Crippen LogP contribution in [0, 0.1) is 5.92 Å². The van der Waals surface area contributed by atoms with E-state index in [0.29, 0.717) is 5.92 Å². The van der Waals surface area contributed by atoms with Gasteiger partial charge in [0.25, 0.3) is 0 Å². The van der Waals surface area contributed by atoms with Crippen LogP contribution in [-0.4, -0.2) is 29.7 Å². The quantitative estimate of drug-likeness (QED) is 0.712. The van der Waals surface area contributed by atoms with E-state index in [2.05, 4.69) is 19.1 Å². The number of carbonyl (C=O) groups excluding carboxylic acids is 1. The van der Waals surface area contributed by atoms with Crippen molar-refractivity contribution in [2.75, 3.05) is 13.1 Å². The maximum absolute atomic E-state index is 11.9. The Kier molecular flexibility index (Phi) is 5.70. The molecule has 18 heavy (non-hydrogen) atoms. The first-order valence-electron chi connectivity index (χ1n) is 7.07. The van der Waals surface area contributed by atoms with Gasteiger partial charge in [-0.2, -0.15) is 0 Å². The van der Waals surface area contributed by atoms with Gasteiger partial charge in [0.15, 0.2) is 0 Å². The number of piperidine rings is 1. The zero-order chi connectivity index (χ0) is 13.6. The molecule has 0 N–H and O–H groups in total. The van der Waals surface area contributed by atoms with E-state index in [9.17, 15) is 4.79 Å². The second-order valence-electron chi connectivity index (χ2n) is 6.02. The van der Waals surface area contributed by atoms with Crippen molar-refractivity contribution in [3.05, 3.63) is 12.2 Å². The van der Waals surface area contributed by atoms with Gasteiger partial charge < -0.3 is 9.64 Å². The van der Waals surface area contributed by atoms with Crippen molar-refractivity contribution in [2.45, 2.75) is 59.0 Å². The van der Waals surface area contributed by atoms with E-state index in [1.807, 2.05) is 25.7 Å². The number of unbranched alkanes of at least 4 members (excludes halogenated alkanes) is 1. The molecule has 1 heterocycles. The van der Waals surface area contributed by atoms with Crippen LogP contribution >= 0.6 is 0 Å². The summed E-state index contributed by atoms with van der Waals surface area (Å²) in [6.07, 6.45) is 8.89. The van der Waals surface area contributed by atoms with Gasteiger partial charge in [-0.25, -0.2) is 4.79 Å². The first kappa shape index (κ1) is 15.1. The molecule has 0 aliphatic carbocycles. The number of amides is 1. The molecule has 1 amide bonds. The summed E-state index contributed by atoms with van der Waals surface area (Å²) in [6, 6.07) is 0. The van der Waals surface area contributed by atoms with Crippen LogP contribution in [0.25, 0.3) is 0 Å². The Morgan fingerprint density at radius 2 is 1.94 bits per heavy atom. The molecule has 1 aliphatic heterocycles. The van der Waals surface area contributed by atoms with Crippen molar-refractivity contribution in [3.63, 3.8) is 0 Å². The standard InChI is InChI=1S/C15H27NO2/c1-5-6-7-8-13-9-11-16(12-10-13)14(17)18-15(2,3)4/h7-8,13H,5-6,9-12H2,1-4H3/b8-7-. The highest BCUT2D eigenvalue weighted by Crippen LogP contribution is 2.20. The molecule has 3 nitrogen and oxygen atoms in total. The second kappa shape index (κ2) is 6.81. The van der Waals surface area contributed by atoms with Gasteiger partial charge in [0, 0.05) is 13.1 Å². The highest BCUT2D eigenvalue weighted by atomic mass is 16.6. The molecule has 0 aromatic heterocycles. The van der Waals surface area contributed by atoms with E-state index >= 15 is 0 Å². The lowest BCUT2D eigenvalue weighted by Crippen LogP contribution is -2.41. The second-order valence-corrected chi connectivity index (χ2v) is 6.02. The average Bonchev–Trinajstić information content (AvgIpc) is 2.28. The minimum absolute atomic E-state index is 0.168. The Morgan fingerprint density at radius 3 is 2.44 bits per heavy atom. The summed E-state index contributed by atoms with van der Waals surface area (Å²) in [5.74, 6) is 0.634. The summed E-state index contributed by atoms with van der Waals surface area (Å²) in [4.78, 5) is 13.7. The summed E-state index contributed by atoms with van der Waals surface area (Å²) in [6.45, 7) is 9.54. The number of hydrogen-bond acceptors (Lipinski definition) is 2. The first-order valence-corrected chi connectivity index (χ1v) is 7.07. The molecule has 0 aromatic carbocycles. The molecule has 0 radical (unpaired) electrons. The van der Waals surface area contributed by atoms with Gasteiger partial charge in [0.1, 0.15) is 5.60 Å². The summed E-state index contributed by atoms with van der Waals surface area (Å²) in [5.41, 5.74) is -0.394. The van der Waals surface area contributed by atoms with Gasteiger partial charge >= 0.3 is 6.09 Å². The Balaban J connectivity index is 2.33. The zero-order valence-electron chi connectivity index (χ0n) is 12.2. The fraction of sp³-hybridized carbons (Fsp3) is 0.800. The molecule has 1 fully saturated rings. The highest BCUT2D eigenvalue weighted by Gasteiger charge is 2.25. The maximum Gasteiger partial charge on any atom is 0.410 e. The van der Waals surface area contributed by atoms with Crippen LogP contribution in [0.2, 0.25) is 0 Å². The average molecular weight is 253 g/mol. The van der Waals surface area contributed by atoms with E-state index in [0.717, 1.165) is 32.4 Å². The first-order chi connectivity index (χ1) is 8.42. The molecule has 0 unspecified atom stereocenters. The predicted octanol–water partition coefficient (Wildman–Crippen LogP) is 3.99. The van der Waals surface area contributed by atoms with Crippen molar-refractivity contribution in [3.8, 4) is 0 Å². The van der Waals surface area contributed by atoms with Crippen molar-refractivity contribution < 1.29 is 9.53 Å². The van der Waals surface area contributed by atoms with Crippen LogP contribution < -0.4 is 0 Å². The third-order valence-corrected chi connectivity index (χ3v) is 3.05. The van der Waals surface area contributed by atoms with E-state index in [1.54, 1.807) is 0 Å². The molecule has 1 aliphatic rings. The van der Waals surface area contributed by atoms with Crippen LogP contribution in [0.5, 0.6) is 0 Å². The maximum atomic E-state index is 11.9. The molecule has 104 valence electrons. The number of nitrogens with zero attached hydrogens (tertiary/aromatic N) is 1. The molecule has 0 aromatic rings. The minimum Gasteiger partial charge on any atom is -0.444 e. The minimum atomic E-state index is -0.394. The SMILES string of the molecule is CCC/C=C\C1CCN(C(=O)OC(C)(C)C)CC1. The Hall–Kier alpha value is -0.990. The smallest absolute Gasteiger partial charge is 0.410 e. The number of carbonyl (C=O) groups is 1. The molecule has 0 spiro atoms. The van der Waals surface area contributed by atoms with Crippen molar-refractivity contribution in [1.29, 1.82) is 0 Å². The largest absolute Gasteiger partial charge is 0.444 e. The number of rotatable bonds is 3. The summed E-state index contributed by atoms with van der Waals surface area (Å²) in [5, 5.41) is 0. The van der Waals surface area contributed by atoms with Gasteiger partial charge in [-0.1, -0.05) is 25.5 Å². The van der Waals surface area contributed by atoms with Crippen LogP contribution in [0.15, 0.2) is 12.2 Å². The van der Waals surface area contributed by atoms with Gasteiger partial charge in [0.05, 0.1) is 0 Å². The molecule has 0 atom stereocenters. The number of allylic oxidation sites excluding steroid dienone is 2. The molecule has 1 saturated heterocycles. The van der Waals surface area contributed by atoms with Crippen LogP contribution in [-0.2, 0) is 4.74 Å². The van der Waals surface area contributed by atoms with Crippen LogP contribution in [0.3, 0.4) is 0 Å². The fourth-order valence-corrected chi connectivity index (χ4v) is 2.06. The summed E-state index contributed by atoms with van der Waals surface area (Å²) in [7, 11) is 0. The summed E-state index contributed by atoms with van der Waals surface area (Å²) < 4.78 is 5.38. The highest BCUT2D eigenvalue weighted by molar-refractivity contribution is 5.68. The molecular formula is C15H27NO2. The van der Waals surface area contributed by atoms with Gasteiger partial charge in [0.2, 0.25) is 0 Å².